The van der Waals surface area contributed by atoms with Crippen LogP contribution in [0.5, 0.6) is 23.0 Å². The zero-order valence-electron chi connectivity index (χ0n) is 17.7. The zero-order chi connectivity index (χ0) is 21.5. The molecule has 0 amide bonds. The van der Waals surface area contributed by atoms with Crippen LogP contribution >= 0.6 is 0 Å². The standard InChI is InChI=1S/C22H28F2N2O4/c1-27-18-6-4-16(12-20(18)28-2)14-25-8-10-26(11-9-25)15-17-5-7-19(30-22(23)24)21(13-17)29-3/h4-7,12-13,22H,8-11,14-15H2,1-3H3/p+2. The summed E-state index contributed by atoms with van der Waals surface area (Å²) < 4.78 is 45.4. The molecule has 0 aromatic heterocycles. The van der Waals surface area contributed by atoms with Crippen LogP contribution in [0.1, 0.15) is 11.1 Å². The van der Waals surface area contributed by atoms with E-state index in [0.717, 1.165) is 56.3 Å². The number of halogens is 2. The van der Waals surface area contributed by atoms with Gasteiger partial charge in [0.1, 0.15) is 39.3 Å². The van der Waals surface area contributed by atoms with Crippen LogP contribution in [0.2, 0.25) is 0 Å². The van der Waals surface area contributed by atoms with E-state index >= 15 is 0 Å². The van der Waals surface area contributed by atoms with Gasteiger partial charge in [0.25, 0.3) is 0 Å². The first-order valence-corrected chi connectivity index (χ1v) is 10.0. The number of alkyl halides is 2. The van der Waals surface area contributed by atoms with E-state index in [9.17, 15) is 8.78 Å². The first-order chi connectivity index (χ1) is 14.5. The fourth-order valence-corrected chi connectivity index (χ4v) is 3.89. The maximum atomic E-state index is 12.5. The molecule has 2 N–H and O–H groups in total. The lowest BCUT2D eigenvalue weighted by Gasteiger charge is -2.30. The molecule has 0 spiro atoms. The summed E-state index contributed by atoms with van der Waals surface area (Å²) in [6.07, 6.45) is 0. The summed E-state index contributed by atoms with van der Waals surface area (Å²) in [6, 6.07) is 11.2. The molecule has 2 aromatic rings. The average molecular weight is 424 g/mol. The summed E-state index contributed by atoms with van der Waals surface area (Å²) in [5.41, 5.74) is 2.28. The fraction of sp³-hybridized carbons (Fsp3) is 0.455. The predicted molar refractivity (Wildman–Crippen MR) is 108 cm³/mol. The van der Waals surface area contributed by atoms with Gasteiger partial charge in [-0.2, -0.15) is 8.78 Å². The highest BCUT2D eigenvalue weighted by atomic mass is 19.3. The van der Waals surface area contributed by atoms with Gasteiger partial charge in [-0.25, -0.2) is 0 Å². The summed E-state index contributed by atoms with van der Waals surface area (Å²) in [4.78, 5) is 3.00. The van der Waals surface area contributed by atoms with Crippen molar-refractivity contribution in [2.75, 3.05) is 47.5 Å². The van der Waals surface area contributed by atoms with Gasteiger partial charge in [-0.3, -0.25) is 0 Å². The normalized spacial score (nSPS) is 18.9. The molecule has 0 bridgehead atoms. The molecule has 1 heterocycles. The highest BCUT2D eigenvalue weighted by Gasteiger charge is 2.24. The van der Waals surface area contributed by atoms with E-state index < -0.39 is 6.61 Å². The third kappa shape index (κ3) is 5.73. The third-order valence-corrected chi connectivity index (χ3v) is 5.46. The van der Waals surface area contributed by atoms with E-state index in [4.69, 9.17) is 14.2 Å². The summed E-state index contributed by atoms with van der Waals surface area (Å²) >= 11 is 0. The van der Waals surface area contributed by atoms with Gasteiger partial charge in [0.05, 0.1) is 21.3 Å². The second kappa shape index (κ2) is 10.4. The van der Waals surface area contributed by atoms with E-state index in [-0.39, 0.29) is 5.75 Å². The number of ether oxygens (including phenoxy) is 4. The van der Waals surface area contributed by atoms with Crippen molar-refractivity contribution in [1.82, 2.24) is 0 Å². The van der Waals surface area contributed by atoms with Crippen molar-refractivity contribution < 1.29 is 37.5 Å². The third-order valence-electron chi connectivity index (χ3n) is 5.46. The van der Waals surface area contributed by atoms with E-state index in [2.05, 4.69) is 10.8 Å². The Morgan fingerprint density at radius 1 is 0.700 bits per heavy atom. The molecule has 0 atom stereocenters. The van der Waals surface area contributed by atoms with Crippen LogP contribution in [0.25, 0.3) is 0 Å². The molecule has 0 radical (unpaired) electrons. The van der Waals surface area contributed by atoms with Crippen molar-refractivity contribution in [2.24, 2.45) is 0 Å². The molecule has 2 aromatic carbocycles. The number of methoxy groups -OCH3 is 3. The molecule has 0 aliphatic carbocycles. The minimum Gasteiger partial charge on any atom is -0.493 e. The van der Waals surface area contributed by atoms with Crippen molar-refractivity contribution in [2.45, 2.75) is 19.7 Å². The largest absolute Gasteiger partial charge is 0.493 e. The van der Waals surface area contributed by atoms with Crippen LogP contribution in [-0.2, 0) is 13.1 Å². The van der Waals surface area contributed by atoms with Crippen molar-refractivity contribution in [3.05, 3.63) is 47.5 Å². The fourth-order valence-electron chi connectivity index (χ4n) is 3.89. The minimum absolute atomic E-state index is 0.0652. The predicted octanol–water partition coefficient (Wildman–Crippen LogP) is 0.797. The van der Waals surface area contributed by atoms with Crippen LogP contribution in [0.4, 0.5) is 8.78 Å². The summed E-state index contributed by atoms with van der Waals surface area (Å²) in [5.74, 6) is 1.90. The number of hydrogen-bond donors (Lipinski definition) is 2. The Hall–Kier alpha value is -2.58. The quantitative estimate of drug-likeness (QED) is 0.625. The Bertz CT molecular complexity index is 827. The summed E-state index contributed by atoms with van der Waals surface area (Å²) in [5, 5.41) is 0. The number of hydrogen-bond acceptors (Lipinski definition) is 4. The molecule has 3 rings (SSSR count). The van der Waals surface area contributed by atoms with Crippen LogP contribution in [-0.4, -0.2) is 54.1 Å². The molecule has 1 aliphatic rings. The maximum Gasteiger partial charge on any atom is 0.387 e. The van der Waals surface area contributed by atoms with Crippen LogP contribution in [0.15, 0.2) is 36.4 Å². The molecule has 1 saturated heterocycles. The zero-order valence-corrected chi connectivity index (χ0v) is 17.7. The topological polar surface area (TPSA) is 45.8 Å². The van der Waals surface area contributed by atoms with E-state index in [1.54, 1.807) is 26.4 Å². The van der Waals surface area contributed by atoms with E-state index in [0.29, 0.717) is 5.75 Å². The monoisotopic (exact) mass is 424 g/mol. The molecule has 6 nitrogen and oxygen atoms in total. The van der Waals surface area contributed by atoms with Crippen LogP contribution in [0, 0.1) is 0 Å². The Balaban J connectivity index is 1.53. The number of benzene rings is 2. The number of piperazine rings is 1. The van der Waals surface area contributed by atoms with Gasteiger partial charge in [0, 0.05) is 11.1 Å². The van der Waals surface area contributed by atoms with Crippen molar-refractivity contribution in [1.29, 1.82) is 0 Å². The smallest absolute Gasteiger partial charge is 0.387 e. The van der Waals surface area contributed by atoms with E-state index in [1.165, 1.54) is 22.5 Å². The Labute approximate surface area is 175 Å². The van der Waals surface area contributed by atoms with E-state index in [1.807, 2.05) is 18.2 Å². The Morgan fingerprint density at radius 2 is 1.13 bits per heavy atom. The maximum absolute atomic E-state index is 12.5. The van der Waals surface area contributed by atoms with Crippen molar-refractivity contribution in [3.63, 3.8) is 0 Å². The van der Waals surface area contributed by atoms with Crippen molar-refractivity contribution >= 4 is 0 Å². The van der Waals surface area contributed by atoms with Gasteiger partial charge in [-0.15, -0.1) is 0 Å². The van der Waals surface area contributed by atoms with Crippen LogP contribution < -0.4 is 28.7 Å². The lowest BCUT2D eigenvalue weighted by Crippen LogP contribution is -3.27. The van der Waals surface area contributed by atoms with Gasteiger partial charge in [0.2, 0.25) is 0 Å². The first kappa shape index (κ1) is 22.1. The molecule has 1 fully saturated rings. The molecule has 0 unspecified atom stereocenters. The molecule has 0 saturated carbocycles. The van der Waals surface area contributed by atoms with Gasteiger partial charge in [0.15, 0.2) is 23.0 Å². The molecular formula is C22H30F2N2O4+2. The van der Waals surface area contributed by atoms with Gasteiger partial charge in [-0.05, 0) is 36.4 Å². The second-order valence-electron chi connectivity index (χ2n) is 7.41. The number of rotatable bonds is 9. The first-order valence-electron chi connectivity index (χ1n) is 10.0. The van der Waals surface area contributed by atoms with Gasteiger partial charge >= 0.3 is 6.61 Å². The highest BCUT2D eigenvalue weighted by Crippen LogP contribution is 2.29. The number of nitrogens with one attached hydrogen (secondary N) is 2. The molecule has 1 aliphatic heterocycles. The van der Waals surface area contributed by atoms with Crippen LogP contribution in [0.3, 0.4) is 0 Å². The summed E-state index contributed by atoms with van der Waals surface area (Å²) in [6.45, 7) is 3.12. The molecular weight excluding hydrogens is 394 g/mol. The van der Waals surface area contributed by atoms with Crippen molar-refractivity contribution in [3.8, 4) is 23.0 Å². The molecule has 30 heavy (non-hydrogen) atoms. The average Bonchev–Trinajstić information content (AvgIpc) is 2.75. The Kier molecular flexibility index (Phi) is 7.70. The lowest BCUT2D eigenvalue weighted by molar-refractivity contribution is -1.02. The molecule has 164 valence electrons. The second-order valence-corrected chi connectivity index (χ2v) is 7.41. The van der Waals surface area contributed by atoms with Gasteiger partial charge in [-0.1, -0.05) is 0 Å². The van der Waals surface area contributed by atoms with Gasteiger partial charge < -0.3 is 28.7 Å². The Morgan fingerprint density at radius 3 is 1.57 bits per heavy atom. The SMILES string of the molecule is COc1ccc(C[NH+]2CC[NH+](Cc3ccc(OC(F)F)c(OC)c3)CC2)cc1OC. The minimum atomic E-state index is -2.86. The highest BCUT2D eigenvalue weighted by molar-refractivity contribution is 5.43. The summed E-state index contributed by atoms with van der Waals surface area (Å²) in [7, 11) is 4.75. The lowest BCUT2D eigenvalue weighted by atomic mass is 10.1. The molecule has 8 heteroatoms. The number of quaternary nitrogens is 2.